The quantitative estimate of drug-likeness (QED) is 0.890. The standard InChI is InChI=1S/C17H22N4O3/c18-16-15(19-7-8-20-16)17(23)21-9-3-1-2-5-12(21)11-13(22)14-6-4-10-24-14/h4,6-8,10,12-13,22H,1-3,5,9,11H2,(H2,18,20). The Kier molecular flexibility index (Phi) is 5.10. The predicted molar refractivity (Wildman–Crippen MR) is 88.0 cm³/mol. The van der Waals surface area contributed by atoms with Crippen molar-refractivity contribution in [2.24, 2.45) is 0 Å². The van der Waals surface area contributed by atoms with Crippen molar-refractivity contribution in [1.29, 1.82) is 0 Å². The Labute approximate surface area is 140 Å². The van der Waals surface area contributed by atoms with E-state index in [1.54, 1.807) is 17.0 Å². The van der Waals surface area contributed by atoms with Crippen LogP contribution in [0.15, 0.2) is 35.2 Å². The van der Waals surface area contributed by atoms with E-state index < -0.39 is 6.10 Å². The number of carbonyl (C=O) groups is 1. The number of nitrogen functional groups attached to an aromatic ring is 1. The minimum absolute atomic E-state index is 0.0819. The van der Waals surface area contributed by atoms with Gasteiger partial charge in [0.15, 0.2) is 11.5 Å². The van der Waals surface area contributed by atoms with E-state index in [0.29, 0.717) is 18.7 Å². The van der Waals surface area contributed by atoms with Crippen molar-refractivity contribution in [1.82, 2.24) is 14.9 Å². The Morgan fingerprint density at radius 2 is 2.21 bits per heavy atom. The maximum absolute atomic E-state index is 12.9. The number of likely N-dealkylation sites (tertiary alicyclic amines) is 1. The van der Waals surface area contributed by atoms with Crippen LogP contribution in [0.2, 0.25) is 0 Å². The molecule has 24 heavy (non-hydrogen) atoms. The molecule has 3 rings (SSSR count). The molecule has 7 heteroatoms. The molecule has 128 valence electrons. The smallest absolute Gasteiger partial charge is 0.276 e. The summed E-state index contributed by atoms with van der Waals surface area (Å²) in [7, 11) is 0. The Hall–Kier alpha value is -2.41. The third-order valence-electron chi connectivity index (χ3n) is 4.43. The first-order chi connectivity index (χ1) is 11.7. The minimum atomic E-state index is -0.738. The summed E-state index contributed by atoms with van der Waals surface area (Å²) in [5.74, 6) is 0.432. The highest BCUT2D eigenvalue weighted by molar-refractivity contribution is 5.96. The second-order valence-corrected chi connectivity index (χ2v) is 6.06. The number of aromatic nitrogens is 2. The number of furan rings is 1. The van der Waals surface area contributed by atoms with E-state index in [4.69, 9.17) is 10.2 Å². The lowest BCUT2D eigenvalue weighted by Crippen LogP contribution is -2.41. The number of anilines is 1. The van der Waals surface area contributed by atoms with Crippen LogP contribution >= 0.6 is 0 Å². The molecule has 0 saturated carbocycles. The molecule has 2 atom stereocenters. The summed E-state index contributed by atoms with van der Waals surface area (Å²) in [5, 5.41) is 10.4. The van der Waals surface area contributed by atoms with Gasteiger partial charge < -0.3 is 20.2 Å². The highest BCUT2D eigenvalue weighted by Crippen LogP contribution is 2.28. The van der Waals surface area contributed by atoms with Crippen molar-refractivity contribution in [3.05, 3.63) is 42.2 Å². The van der Waals surface area contributed by atoms with Crippen LogP contribution in [0.5, 0.6) is 0 Å². The summed E-state index contributed by atoms with van der Waals surface area (Å²) in [6.07, 6.45) is 8.01. The normalized spacial score (nSPS) is 19.7. The monoisotopic (exact) mass is 330 g/mol. The molecule has 3 heterocycles. The lowest BCUT2D eigenvalue weighted by atomic mass is 10.0. The first-order valence-corrected chi connectivity index (χ1v) is 8.25. The van der Waals surface area contributed by atoms with Gasteiger partial charge in [0.25, 0.3) is 5.91 Å². The van der Waals surface area contributed by atoms with Crippen LogP contribution in [0.3, 0.4) is 0 Å². The van der Waals surface area contributed by atoms with E-state index in [1.807, 2.05) is 0 Å². The molecule has 0 aliphatic carbocycles. The van der Waals surface area contributed by atoms with Crippen LogP contribution in [-0.4, -0.2) is 38.5 Å². The molecule has 2 aromatic rings. The van der Waals surface area contributed by atoms with Gasteiger partial charge in [0.05, 0.1) is 6.26 Å². The fourth-order valence-electron chi connectivity index (χ4n) is 3.19. The average Bonchev–Trinajstić information content (AvgIpc) is 3.03. The molecule has 2 aromatic heterocycles. The van der Waals surface area contributed by atoms with Crippen molar-refractivity contribution in [3.63, 3.8) is 0 Å². The van der Waals surface area contributed by atoms with E-state index in [9.17, 15) is 9.90 Å². The van der Waals surface area contributed by atoms with Crippen LogP contribution < -0.4 is 5.73 Å². The van der Waals surface area contributed by atoms with Gasteiger partial charge >= 0.3 is 0 Å². The summed E-state index contributed by atoms with van der Waals surface area (Å²) in [6.45, 7) is 0.629. The molecule has 7 nitrogen and oxygen atoms in total. The van der Waals surface area contributed by atoms with Crippen LogP contribution in [-0.2, 0) is 0 Å². The van der Waals surface area contributed by atoms with Gasteiger partial charge in [0, 0.05) is 31.4 Å². The number of nitrogens with zero attached hydrogens (tertiary/aromatic N) is 3. The largest absolute Gasteiger partial charge is 0.467 e. The van der Waals surface area contributed by atoms with E-state index in [-0.39, 0.29) is 23.5 Å². The maximum Gasteiger partial charge on any atom is 0.276 e. The van der Waals surface area contributed by atoms with Crippen molar-refractivity contribution in [2.45, 2.75) is 44.2 Å². The number of aliphatic hydroxyl groups is 1. The number of rotatable bonds is 4. The van der Waals surface area contributed by atoms with Crippen LogP contribution in [0.4, 0.5) is 5.82 Å². The van der Waals surface area contributed by atoms with Crippen molar-refractivity contribution < 1.29 is 14.3 Å². The van der Waals surface area contributed by atoms with Crippen molar-refractivity contribution in [3.8, 4) is 0 Å². The lowest BCUT2D eigenvalue weighted by molar-refractivity contribution is 0.0553. The van der Waals surface area contributed by atoms with Gasteiger partial charge in [-0.3, -0.25) is 4.79 Å². The van der Waals surface area contributed by atoms with Crippen LogP contribution in [0.1, 0.15) is 54.5 Å². The van der Waals surface area contributed by atoms with Gasteiger partial charge in [-0.15, -0.1) is 0 Å². The molecule has 1 aliphatic rings. The molecule has 1 amide bonds. The number of aliphatic hydroxyl groups excluding tert-OH is 1. The number of hydrogen-bond donors (Lipinski definition) is 2. The molecule has 1 fully saturated rings. The van der Waals surface area contributed by atoms with Crippen molar-refractivity contribution in [2.75, 3.05) is 12.3 Å². The summed E-state index contributed by atoms with van der Waals surface area (Å²) in [4.78, 5) is 22.7. The molecule has 2 unspecified atom stereocenters. The van der Waals surface area contributed by atoms with E-state index in [0.717, 1.165) is 25.7 Å². The topological polar surface area (TPSA) is 105 Å². The second kappa shape index (κ2) is 7.44. The minimum Gasteiger partial charge on any atom is -0.467 e. The first-order valence-electron chi connectivity index (χ1n) is 8.25. The van der Waals surface area contributed by atoms with E-state index in [2.05, 4.69) is 9.97 Å². The van der Waals surface area contributed by atoms with Gasteiger partial charge in [-0.1, -0.05) is 12.8 Å². The predicted octanol–water partition coefficient (Wildman–Crippen LogP) is 2.16. The second-order valence-electron chi connectivity index (χ2n) is 6.06. The fourth-order valence-corrected chi connectivity index (χ4v) is 3.19. The molecule has 0 radical (unpaired) electrons. The van der Waals surface area contributed by atoms with Gasteiger partial charge in [-0.05, 0) is 25.0 Å². The third-order valence-corrected chi connectivity index (χ3v) is 4.43. The summed E-state index contributed by atoms with van der Waals surface area (Å²) >= 11 is 0. The lowest BCUT2D eigenvalue weighted by Gasteiger charge is -2.31. The number of amides is 1. The van der Waals surface area contributed by atoms with E-state index in [1.165, 1.54) is 18.7 Å². The molecular formula is C17H22N4O3. The highest BCUT2D eigenvalue weighted by atomic mass is 16.4. The van der Waals surface area contributed by atoms with Crippen LogP contribution in [0.25, 0.3) is 0 Å². The summed E-state index contributed by atoms with van der Waals surface area (Å²) in [6, 6.07) is 3.41. The SMILES string of the molecule is Nc1nccnc1C(=O)N1CCCCCC1CC(O)c1ccco1. The van der Waals surface area contributed by atoms with Gasteiger partial charge in [0.2, 0.25) is 0 Å². The van der Waals surface area contributed by atoms with Crippen molar-refractivity contribution >= 4 is 11.7 Å². The molecule has 3 N–H and O–H groups in total. The van der Waals surface area contributed by atoms with E-state index >= 15 is 0 Å². The van der Waals surface area contributed by atoms with Gasteiger partial charge in [-0.25, -0.2) is 9.97 Å². The molecule has 1 aliphatic heterocycles. The maximum atomic E-state index is 12.9. The van der Waals surface area contributed by atoms with Gasteiger partial charge in [0.1, 0.15) is 11.9 Å². The fraction of sp³-hybridized carbons (Fsp3) is 0.471. The molecule has 0 spiro atoms. The van der Waals surface area contributed by atoms with Gasteiger partial charge in [-0.2, -0.15) is 0 Å². The number of nitrogens with two attached hydrogens (primary N) is 1. The Bertz CT molecular complexity index is 674. The Balaban J connectivity index is 1.80. The zero-order valence-corrected chi connectivity index (χ0v) is 13.5. The van der Waals surface area contributed by atoms with Crippen LogP contribution in [0, 0.1) is 0 Å². The number of hydrogen-bond acceptors (Lipinski definition) is 6. The zero-order chi connectivity index (χ0) is 16.9. The molecule has 0 aromatic carbocycles. The molecule has 0 bridgehead atoms. The third kappa shape index (κ3) is 3.56. The molecule has 1 saturated heterocycles. The highest BCUT2D eigenvalue weighted by Gasteiger charge is 2.30. The summed E-state index contributed by atoms with van der Waals surface area (Å²) in [5.41, 5.74) is 5.98. The average molecular weight is 330 g/mol. The Morgan fingerprint density at radius 1 is 1.38 bits per heavy atom. The Morgan fingerprint density at radius 3 is 2.96 bits per heavy atom. The first kappa shape index (κ1) is 16.4. The number of carbonyl (C=O) groups excluding carboxylic acids is 1. The zero-order valence-electron chi connectivity index (χ0n) is 13.5. The summed E-state index contributed by atoms with van der Waals surface area (Å²) < 4.78 is 5.27. The molecular weight excluding hydrogens is 308 g/mol.